The lowest BCUT2D eigenvalue weighted by Gasteiger charge is -2.27. The largest absolute Gasteiger partial charge is 0.504 e. The minimum absolute atomic E-state index is 0.0229. The van der Waals surface area contributed by atoms with E-state index in [9.17, 15) is 9.90 Å². The second-order valence-corrected chi connectivity index (χ2v) is 4.19. The summed E-state index contributed by atoms with van der Waals surface area (Å²) in [7, 11) is 0. The first-order chi connectivity index (χ1) is 8.18. The number of anilines is 1. The number of aromatic hydroxyl groups is 1. The molecule has 0 bridgehead atoms. The molecule has 2 heterocycles. The standard InChI is InChI=1S/C12H16N2O3/c1-8-9(4-3-7-17-8)12(16)14-11-10(15)5-2-6-13-11/h2,5-6,8-9,15H,3-4,7H2,1H3,(H,13,14,16). The number of carbonyl (C=O) groups excluding carboxylic acids is 1. The lowest BCUT2D eigenvalue weighted by atomic mass is 9.94. The highest BCUT2D eigenvalue weighted by Gasteiger charge is 2.29. The van der Waals surface area contributed by atoms with Gasteiger partial charge in [0.25, 0.3) is 0 Å². The first kappa shape index (κ1) is 11.9. The number of hydrogen-bond donors (Lipinski definition) is 2. The fraction of sp³-hybridized carbons (Fsp3) is 0.500. The molecule has 92 valence electrons. The topological polar surface area (TPSA) is 71.5 Å². The number of hydrogen-bond acceptors (Lipinski definition) is 4. The Bertz CT molecular complexity index is 408. The van der Waals surface area contributed by atoms with E-state index in [-0.39, 0.29) is 29.5 Å². The second-order valence-electron chi connectivity index (χ2n) is 4.19. The summed E-state index contributed by atoms with van der Waals surface area (Å²) in [6.07, 6.45) is 3.13. The number of nitrogens with one attached hydrogen (secondary N) is 1. The molecule has 1 aromatic rings. The Morgan fingerprint density at radius 2 is 2.47 bits per heavy atom. The van der Waals surface area contributed by atoms with E-state index in [0.717, 1.165) is 12.8 Å². The second kappa shape index (κ2) is 5.14. The smallest absolute Gasteiger partial charge is 0.231 e. The predicted molar refractivity (Wildman–Crippen MR) is 62.7 cm³/mol. The Hall–Kier alpha value is -1.62. The monoisotopic (exact) mass is 236 g/mol. The van der Waals surface area contributed by atoms with Gasteiger partial charge in [-0.2, -0.15) is 0 Å². The van der Waals surface area contributed by atoms with Crippen LogP contribution in [-0.2, 0) is 9.53 Å². The van der Waals surface area contributed by atoms with Crippen LogP contribution in [0.1, 0.15) is 19.8 Å². The first-order valence-electron chi connectivity index (χ1n) is 5.75. The molecule has 0 radical (unpaired) electrons. The Morgan fingerprint density at radius 1 is 1.65 bits per heavy atom. The third kappa shape index (κ3) is 2.74. The molecule has 2 rings (SSSR count). The third-order valence-corrected chi connectivity index (χ3v) is 2.97. The Labute approximate surface area is 99.8 Å². The molecule has 0 aliphatic carbocycles. The molecular weight excluding hydrogens is 220 g/mol. The average Bonchev–Trinajstić information content (AvgIpc) is 2.32. The van der Waals surface area contributed by atoms with Gasteiger partial charge in [0.1, 0.15) is 0 Å². The maximum Gasteiger partial charge on any atom is 0.231 e. The van der Waals surface area contributed by atoms with Crippen molar-refractivity contribution >= 4 is 11.7 Å². The normalized spacial score (nSPS) is 24.3. The number of carbonyl (C=O) groups is 1. The highest BCUT2D eigenvalue weighted by molar-refractivity contribution is 5.93. The number of amides is 1. The number of nitrogens with zero attached hydrogens (tertiary/aromatic N) is 1. The van der Waals surface area contributed by atoms with Crippen LogP contribution in [0, 0.1) is 5.92 Å². The Kier molecular flexibility index (Phi) is 3.58. The number of pyridine rings is 1. The van der Waals surface area contributed by atoms with Crippen molar-refractivity contribution in [2.24, 2.45) is 5.92 Å². The lowest BCUT2D eigenvalue weighted by Crippen LogP contribution is -2.36. The zero-order valence-electron chi connectivity index (χ0n) is 9.72. The van der Waals surface area contributed by atoms with E-state index in [1.165, 1.54) is 12.3 Å². The van der Waals surface area contributed by atoms with Crippen molar-refractivity contribution in [1.29, 1.82) is 0 Å². The number of rotatable bonds is 2. The van der Waals surface area contributed by atoms with Gasteiger partial charge in [0, 0.05) is 12.8 Å². The van der Waals surface area contributed by atoms with E-state index >= 15 is 0 Å². The molecule has 1 aromatic heterocycles. The highest BCUT2D eigenvalue weighted by Crippen LogP contribution is 2.24. The lowest BCUT2D eigenvalue weighted by molar-refractivity contribution is -0.127. The van der Waals surface area contributed by atoms with Gasteiger partial charge in [-0.05, 0) is 31.9 Å². The van der Waals surface area contributed by atoms with E-state index in [1.807, 2.05) is 6.92 Å². The van der Waals surface area contributed by atoms with Gasteiger partial charge in [0.05, 0.1) is 12.0 Å². The summed E-state index contributed by atoms with van der Waals surface area (Å²) in [6.45, 7) is 2.60. The van der Waals surface area contributed by atoms with Gasteiger partial charge >= 0.3 is 0 Å². The maximum absolute atomic E-state index is 12.0. The molecule has 1 aliphatic rings. The van der Waals surface area contributed by atoms with Gasteiger partial charge in [0.15, 0.2) is 11.6 Å². The van der Waals surface area contributed by atoms with Crippen LogP contribution in [0.15, 0.2) is 18.3 Å². The van der Waals surface area contributed by atoms with Crippen LogP contribution < -0.4 is 5.32 Å². The van der Waals surface area contributed by atoms with Crippen molar-refractivity contribution in [2.45, 2.75) is 25.9 Å². The molecule has 0 saturated carbocycles. The molecule has 1 amide bonds. The van der Waals surface area contributed by atoms with E-state index in [2.05, 4.69) is 10.3 Å². The van der Waals surface area contributed by atoms with Crippen LogP contribution in [-0.4, -0.2) is 28.7 Å². The van der Waals surface area contributed by atoms with E-state index in [4.69, 9.17) is 4.74 Å². The van der Waals surface area contributed by atoms with E-state index in [1.54, 1.807) is 6.07 Å². The summed E-state index contributed by atoms with van der Waals surface area (Å²) in [4.78, 5) is 15.9. The zero-order valence-corrected chi connectivity index (χ0v) is 9.72. The van der Waals surface area contributed by atoms with Crippen molar-refractivity contribution in [2.75, 3.05) is 11.9 Å². The fourth-order valence-electron chi connectivity index (χ4n) is 1.97. The van der Waals surface area contributed by atoms with Crippen LogP contribution in [0.25, 0.3) is 0 Å². The van der Waals surface area contributed by atoms with Crippen LogP contribution in [0.3, 0.4) is 0 Å². The molecule has 1 saturated heterocycles. The minimum Gasteiger partial charge on any atom is -0.504 e. The Balaban J connectivity index is 2.03. The van der Waals surface area contributed by atoms with Crippen molar-refractivity contribution in [3.8, 4) is 5.75 Å². The SMILES string of the molecule is CC1OCCCC1C(=O)Nc1ncccc1O. The van der Waals surface area contributed by atoms with Crippen LogP contribution in [0.5, 0.6) is 5.75 Å². The fourth-order valence-corrected chi connectivity index (χ4v) is 1.97. The molecule has 1 aliphatic heterocycles. The van der Waals surface area contributed by atoms with Crippen molar-refractivity contribution in [3.05, 3.63) is 18.3 Å². The third-order valence-electron chi connectivity index (χ3n) is 2.97. The quantitative estimate of drug-likeness (QED) is 0.817. The summed E-state index contributed by atoms with van der Waals surface area (Å²) in [6, 6.07) is 3.10. The van der Waals surface area contributed by atoms with Crippen LogP contribution >= 0.6 is 0 Å². The van der Waals surface area contributed by atoms with Gasteiger partial charge in [-0.25, -0.2) is 4.98 Å². The summed E-state index contributed by atoms with van der Waals surface area (Å²) in [5.74, 6) is -0.142. The van der Waals surface area contributed by atoms with Crippen LogP contribution in [0.4, 0.5) is 5.82 Å². The van der Waals surface area contributed by atoms with Gasteiger partial charge in [0.2, 0.25) is 5.91 Å². The predicted octanol–water partition coefficient (Wildman–Crippen LogP) is 1.54. The molecule has 2 atom stereocenters. The van der Waals surface area contributed by atoms with Crippen molar-refractivity contribution < 1.29 is 14.6 Å². The van der Waals surface area contributed by atoms with Gasteiger partial charge < -0.3 is 15.2 Å². The molecule has 1 fully saturated rings. The Morgan fingerprint density at radius 3 is 3.18 bits per heavy atom. The van der Waals surface area contributed by atoms with Crippen molar-refractivity contribution in [3.63, 3.8) is 0 Å². The number of ether oxygens (including phenoxy) is 1. The zero-order chi connectivity index (χ0) is 12.3. The maximum atomic E-state index is 12.0. The molecule has 5 nitrogen and oxygen atoms in total. The molecule has 0 spiro atoms. The van der Waals surface area contributed by atoms with E-state index < -0.39 is 0 Å². The highest BCUT2D eigenvalue weighted by atomic mass is 16.5. The van der Waals surface area contributed by atoms with Gasteiger partial charge in [-0.15, -0.1) is 0 Å². The summed E-state index contributed by atoms with van der Waals surface area (Å²) < 4.78 is 5.44. The average molecular weight is 236 g/mol. The molecule has 2 N–H and O–H groups in total. The van der Waals surface area contributed by atoms with E-state index in [0.29, 0.717) is 6.61 Å². The molecule has 0 aromatic carbocycles. The first-order valence-corrected chi connectivity index (χ1v) is 5.75. The summed E-state index contributed by atoms with van der Waals surface area (Å²) in [5.41, 5.74) is 0. The molecule has 17 heavy (non-hydrogen) atoms. The van der Waals surface area contributed by atoms with Crippen LogP contribution in [0.2, 0.25) is 0 Å². The summed E-state index contributed by atoms with van der Waals surface area (Å²) >= 11 is 0. The molecule has 2 unspecified atom stereocenters. The minimum atomic E-state index is -0.176. The van der Waals surface area contributed by atoms with Crippen molar-refractivity contribution in [1.82, 2.24) is 4.98 Å². The molecular formula is C12H16N2O3. The van der Waals surface area contributed by atoms with Gasteiger partial charge in [-0.3, -0.25) is 4.79 Å². The molecule has 5 heteroatoms. The summed E-state index contributed by atoms with van der Waals surface area (Å²) in [5, 5.41) is 12.1. The number of aromatic nitrogens is 1. The van der Waals surface area contributed by atoms with Gasteiger partial charge in [-0.1, -0.05) is 0 Å².